The Hall–Kier alpha value is -1.84. The van der Waals surface area contributed by atoms with Crippen LogP contribution in [0.25, 0.3) is 0 Å². The van der Waals surface area contributed by atoms with Crippen LogP contribution in [0, 0.1) is 11.8 Å². The van der Waals surface area contributed by atoms with Crippen molar-refractivity contribution in [1.29, 1.82) is 0 Å². The molecule has 23 heavy (non-hydrogen) atoms. The molecule has 1 aromatic rings. The van der Waals surface area contributed by atoms with Crippen molar-refractivity contribution in [3.05, 3.63) is 35.4 Å². The number of amides is 2. The van der Waals surface area contributed by atoms with Crippen LogP contribution in [0.2, 0.25) is 0 Å². The number of benzene rings is 1. The summed E-state index contributed by atoms with van der Waals surface area (Å²) in [6.07, 6.45) is 3.11. The molecule has 1 N–H and O–H groups in total. The summed E-state index contributed by atoms with van der Waals surface area (Å²) in [5.41, 5.74) is 1.27. The molecule has 1 aliphatic rings. The van der Waals surface area contributed by atoms with Crippen LogP contribution in [0.15, 0.2) is 24.3 Å². The van der Waals surface area contributed by atoms with Crippen molar-refractivity contribution in [1.82, 2.24) is 10.2 Å². The highest BCUT2D eigenvalue weighted by atomic mass is 16.2. The summed E-state index contributed by atoms with van der Waals surface area (Å²) in [7, 11) is 0. The Morgan fingerprint density at radius 1 is 1.13 bits per heavy atom. The van der Waals surface area contributed by atoms with Crippen molar-refractivity contribution >= 4 is 11.8 Å². The summed E-state index contributed by atoms with van der Waals surface area (Å²) < 4.78 is 0. The van der Waals surface area contributed by atoms with Crippen LogP contribution < -0.4 is 5.32 Å². The van der Waals surface area contributed by atoms with Gasteiger partial charge in [-0.05, 0) is 55.4 Å². The maximum atomic E-state index is 12.5. The molecule has 1 aromatic carbocycles. The third-order valence-corrected chi connectivity index (χ3v) is 4.47. The molecule has 0 saturated carbocycles. The molecule has 0 aromatic heterocycles. The Bertz CT molecular complexity index is 529. The number of hydrogen-bond acceptors (Lipinski definition) is 2. The van der Waals surface area contributed by atoms with Gasteiger partial charge >= 0.3 is 0 Å². The first-order valence-electron chi connectivity index (χ1n) is 8.65. The van der Waals surface area contributed by atoms with Gasteiger partial charge in [-0.15, -0.1) is 0 Å². The molecule has 0 aliphatic carbocycles. The molecule has 1 fully saturated rings. The minimum atomic E-state index is -0.0727. The highest BCUT2D eigenvalue weighted by Crippen LogP contribution is 2.18. The normalized spacial score (nSPS) is 15.7. The molecule has 1 heterocycles. The Morgan fingerprint density at radius 2 is 1.70 bits per heavy atom. The van der Waals surface area contributed by atoms with E-state index in [2.05, 4.69) is 26.1 Å². The predicted molar refractivity (Wildman–Crippen MR) is 92.5 cm³/mol. The van der Waals surface area contributed by atoms with E-state index in [9.17, 15) is 9.59 Å². The largest absolute Gasteiger partial charge is 0.352 e. The lowest BCUT2D eigenvalue weighted by Gasteiger charge is -2.30. The van der Waals surface area contributed by atoms with E-state index in [1.54, 1.807) is 24.3 Å². The van der Waals surface area contributed by atoms with Crippen LogP contribution in [0.4, 0.5) is 0 Å². The number of nitrogens with zero attached hydrogens (tertiary/aromatic N) is 1. The zero-order valence-corrected chi connectivity index (χ0v) is 14.5. The minimum Gasteiger partial charge on any atom is -0.352 e. The Balaban J connectivity index is 1.91. The second-order valence-corrected chi connectivity index (χ2v) is 6.99. The maximum absolute atomic E-state index is 12.5. The summed E-state index contributed by atoms with van der Waals surface area (Å²) in [6, 6.07) is 7.00. The van der Waals surface area contributed by atoms with Crippen LogP contribution in [-0.2, 0) is 0 Å². The van der Waals surface area contributed by atoms with Gasteiger partial charge in [0.2, 0.25) is 0 Å². The van der Waals surface area contributed by atoms with Crippen LogP contribution in [0.5, 0.6) is 0 Å². The lowest BCUT2D eigenvalue weighted by Crippen LogP contribution is -2.37. The lowest BCUT2D eigenvalue weighted by atomic mass is 9.98. The average molecular weight is 316 g/mol. The van der Waals surface area contributed by atoms with Gasteiger partial charge < -0.3 is 10.2 Å². The van der Waals surface area contributed by atoms with Gasteiger partial charge in [0.25, 0.3) is 11.8 Å². The van der Waals surface area contributed by atoms with Crippen molar-refractivity contribution in [3.8, 4) is 0 Å². The standard InChI is InChI=1S/C19H28N2O2/c1-14(2)8-11-20-18(22)16-4-6-17(7-5-16)19(23)21-12-9-15(3)10-13-21/h4-7,14-15H,8-13H2,1-3H3,(H,20,22). The fourth-order valence-electron chi connectivity index (χ4n) is 2.73. The Morgan fingerprint density at radius 3 is 2.26 bits per heavy atom. The Labute approximate surface area is 139 Å². The molecule has 0 spiro atoms. The van der Waals surface area contributed by atoms with Crippen molar-refractivity contribution in [2.75, 3.05) is 19.6 Å². The van der Waals surface area contributed by atoms with E-state index >= 15 is 0 Å². The van der Waals surface area contributed by atoms with Crippen molar-refractivity contribution in [2.24, 2.45) is 11.8 Å². The van der Waals surface area contributed by atoms with E-state index in [1.807, 2.05) is 4.90 Å². The fourth-order valence-corrected chi connectivity index (χ4v) is 2.73. The summed E-state index contributed by atoms with van der Waals surface area (Å²) in [6.45, 7) is 8.84. The average Bonchev–Trinajstić information content (AvgIpc) is 2.54. The van der Waals surface area contributed by atoms with Gasteiger partial charge in [-0.2, -0.15) is 0 Å². The molecule has 0 radical (unpaired) electrons. The van der Waals surface area contributed by atoms with Gasteiger partial charge in [0, 0.05) is 30.8 Å². The SMILES string of the molecule is CC(C)CCNC(=O)c1ccc(C(=O)N2CCC(C)CC2)cc1. The third-order valence-electron chi connectivity index (χ3n) is 4.47. The number of nitrogens with one attached hydrogen (secondary N) is 1. The molecular weight excluding hydrogens is 288 g/mol. The minimum absolute atomic E-state index is 0.0727. The summed E-state index contributed by atoms with van der Waals surface area (Å²) >= 11 is 0. The highest BCUT2D eigenvalue weighted by molar-refractivity contribution is 5.97. The zero-order valence-electron chi connectivity index (χ0n) is 14.5. The summed E-state index contributed by atoms with van der Waals surface area (Å²) in [4.78, 5) is 26.4. The Kier molecular flexibility index (Phi) is 6.20. The first-order valence-corrected chi connectivity index (χ1v) is 8.65. The molecule has 2 rings (SSSR count). The molecular formula is C19H28N2O2. The van der Waals surface area contributed by atoms with E-state index in [4.69, 9.17) is 0 Å². The van der Waals surface area contributed by atoms with Crippen LogP contribution in [-0.4, -0.2) is 36.3 Å². The van der Waals surface area contributed by atoms with E-state index in [0.717, 1.165) is 32.4 Å². The molecule has 0 atom stereocenters. The lowest BCUT2D eigenvalue weighted by molar-refractivity contribution is 0.0696. The van der Waals surface area contributed by atoms with Crippen LogP contribution in [0.1, 0.15) is 60.7 Å². The number of hydrogen-bond donors (Lipinski definition) is 1. The van der Waals surface area contributed by atoms with Crippen molar-refractivity contribution in [3.63, 3.8) is 0 Å². The second kappa shape index (κ2) is 8.14. The predicted octanol–water partition coefficient (Wildman–Crippen LogP) is 3.33. The summed E-state index contributed by atoms with van der Waals surface area (Å²) in [5, 5.41) is 2.91. The molecule has 1 aliphatic heterocycles. The first kappa shape index (κ1) is 17.5. The third kappa shape index (κ3) is 5.08. The second-order valence-electron chi connectivity index (χ2n) is 6.99. The number of piperidine rings is 1. The van der Waals surface area contributed by atoms with Gasteiger partial charge in [0.15, 0.2) is 0 Å². The van der Waals surface area contributed by atoms with Crippen molar-refractivity contribution in [2.45, 2.75) is 40.0 Å². The van der Waals surface area contributed by atoms with Gasteiger partial charge in [0.1, 0.15) is 0 Å². The quantitative estimate of drug-likeness (QED) is 0.906. The van der Waals surface area contributed by atoms with E-state index in [-0.39, 0.29) is 11.8 Å². The fraction of sp³-hybridized carbons (Fsp3) is 0.579. The van der Waals surface area contributed by atoms with E-state index < -0.39 is 0 Å². The van der Waals surface area contributed by atoms with Gasteiger partial charge in [-0.1, -0.05) is 20.8 Å². The van der Waals surface area contributed by atoms with Crippen LogP contribution >= 0.6 is 0 Å². The molecule has 0 unspecified atom stereocenters. The van der Waals surface area contributed by atoms with Crippen molar-refractivity contribution < 1.29 is 9.59 Å². The molecule has 126 valence electrons. The van der Waals surface area contributed by atoms with Gasteiger partial charge in [-0.3, -0.25) is 9.59 Å². The molecule has 2 amide bonds. The van der Waals surface area contributed by atoms with E-state index in [0.29, 0.717) is 29.5 Å². The molecule has 4 heteroatoms. The number of carbonyl (C=O) groups excluding carboxylic acids is 2. The zero-order chi connectivity index (χ0) is 16.8. The number of likely N-dealkylation sites (tertiary alicyclic amines) is 1. The van der Waals surface area contributed by atoms with Gasteiger partial charge in [-0.25, -0.2) is 0 Å². The summed E-state index contributed by atoms with van der Waals surface area (Å²) in [5.74, 6) is 1.28. The number of carbonyl (C=O) groups is 2. The molecule has 0 bridgehead atoms. The topological polar surface area (TPSA) is 49.4 Å². The number of rotatable bonds is 5. The van der Waals surface area contributed by atoms with Gasteiger partial charge in [0.05, 0.1) is 0 Å². The first-order chi connectivity index (χ1) is 11.0. The maximum Gasteiger partial charge on any atom is 0.253 e. The molecule has 4 nitrogen and oxygen atoms in total. The smallest absolute Gasteiger partial charge is 0.253 e. The highest BCUT2D eigenvalue weighted by Gasteiger charge is 2.21. The van der Waals surface area contributed by atoms with Crippen LogP contribution in [0.3, 0.4) is 0 Å². The molecule has 1 saturated heterocycles. The van der Waals surface area contributed by atoms with E-state index in [1.165, 1.54) is 0 Å². The monoisotopic (exact) mass is 316 g/mol.